The summed E-state index contributed by atoms with van der Waals surface area (Å²) in [6.07, 6.45) is 1.06. The van der Waals surface area contributed by atoms with Crippen LogP contribution in [0.4, 0.5) is 4.79 Å². The van der Waals surface area contributed by atoms with Crippen LogP contribution in [0, 0.1) is 5.92 Å². The van der Waals surface area contributed by atoms with Crippen molar-refractivity contribution in [1.29, 1.82) is 0 Å². The number of amides is 3. The highest BCUT2D eigenvalue weighted by Crippen LogP contribution is 1.98. The van der Waals surface area contributed by atoms with E-state index < -0.39 is 11.9 Å². The average Bonchev–Trinajstić information content (AvgIpc) is 2.37. The monoisotopic (exact) mass is 287 g/mol. The Hall–Kier alpha value is -1.79. The highest BCUT2D eigenvalue weighted by Gasteiger charge is 2.17. The van der Waals surface area contributed by atoms with E-state index in [0.29, 0.717) is 0 Å². The molecule has 116 valence electrons. The SMILES string of the molecule is CCC(C)NC(=O)CCNC(=O)N(C)CC(C)C(=O)O. The summed E-state index contributed by atoms with van der Waals surface area (Å²) in [7, 11) is 1.52. The van der Waals surface area contributed by atoms with Gasteiger partial charge in [-0.05, 0) is 13.3 Å². The van der Waals surface area contributed by atoms with Gasteiger partial charge in [0.05, 0.1) is 5.92 Å². The molecule has 3 amide bonds. The van der Waals surface area contributed by atoms with Crippen LogP contribution in [0.25, 0.3) is 0 Å². The van der Waals surface area contributed by atoms with Crippen LogP contribution in [0.2, 0.25) is 0 Å². The zero-order valence-electron chi connectivity index (χ0n) is 12.6. The van der Waals surface area contributed by atoms with E-state index in [4.69, 9.17) is 5.11 Å². The number of aliphatic carboxylic acids is 1. The smallest absolute Gasteiger partial charge is 0.317 e. The lowest BCUT2D eigenvalue weighted by Crippen LogP contribution is -2.42. The number of hydrogen-bond acceptors (Lipinski definition) is 3. The first-order valence-corrected chi connectivity index (χ1v) is 6.79. The standard InChI is InChI=1S/C13H25N3O4/c1-5-10(3)15-11(17)6-7-14-13(20)16(4)8-9(2)12(18)19/h9-10H,5-8H2,1-4H3,(H,14,20)(H,15,17)(H,18,19). The minimum absolute atomic E-state index is 0.110. The Morgan fingerprint density at radius 3 is 2.35 bits per heavy atom. The molecular formula is C13H25N3O4. The fourth-order valence-corrected chi connectivity index (χ4v) is 1.44. The van der Waals surface area contributed by atoms with Crippen LogP contribution in [-0.4, -0.2) is 54.1 Å². The lowest BCUT2D eigenvalue weighted by molar-refractivity contribution is -0.141. The molecule has 2 unspecified atom stereocenters. The number of carbonyl (C=O) groups excluding carboxylic acids is 2. The zero-order chi connectivity index (χ0) is 15.7. The third-order valence-corrected chi connectivity index (χ3v) is 2.96. The average molecular weight is 287 g/mol. The van der Waals surface area contributed by atoms with Crippen LogP contribution >= 0.6 is 0 Å². The molecule has 7 nitrogen and oxygen atoms in total. The normalized spacial score (nSPS) is 13.2. The van der Waals surface area contributed by atoms with Crippen LogP contribution in [0.15, 0.2) is 0 Å². The first-order valence-electron chi connectivity index (χ1n) is 6.79. The molecule has 0 spiro atoms. The summed E-state index contributed by atoms with van der Waals surface area (Å²) >= 11 is 0. The Morgan fingerprint density at radius 1 is 1.25 bits per heavy atom. The van der Waals surface area contributed by atoms with Crippen molar-refractivity contribution in [2.45, 2.75) is 39.7 Å². The molecule has 0 aromatic carbocycles. The molecule has 7 heteroatoms. The van der Waals surface area contributed by atoms with E-state index in [-0.39, 0.29) is 37.5 Å². The maximum atomic E-state index is 11.7. The Kier molecular flexibility index (Phi) is 8.35. The number of urea groups is 1. The first kappa shape index (κ1) is 18.2. The zero-order valence-corrected chi connectivity index (χ0v) is 12.6. The summed E-state index contributed by atoms with van der Waals surface area (Å²) in [5.74, 6) is -1.68. The molecule has 0 fully saturated rings. The molecule has 0 radical (unpaired) electrons. The molecule has 0 aromatic heterocycles. The van der Waals surface area contributed by atoms with E-state index in [1.807, 2.05) is 13.8 Å². The van der Waals surface area contributed by atoms with Crippen molar-refractivity contribution >= 4 is 17.9 Å². The summed E-state index contributed by atoms with van der Waals surface area (Å²) < 4.78 is 0. The highest BCUT2D eigenvalue weighted by atomic mass is 16.4. The van der Waals surface area contributed by atoms with E-state index in [9.17, 15) is 14.4 Å². The number of rotatable bonds is 8. The fraction of sp³-hybridized carbons (Fsp3) is 0.769. The summed E-state index contributed by atoms with van der Waals surface area (Å²) in [6, 6.07) is -0.258. The lowest BCUT2D eigenvalue weighted by atomic mass is 10.2. The van der Waals surface area contributed by atoms with E-state index in [2.05, 4.69) is 10.6 Å². The molecule has 0 aliphatic carbocycles. The number of nitrogens with one attached hydrogen (secondary N) is 2. The van der Waals surface area contributed by atoms with Crippen LogP contribution in [0.1, 0.15) is 33.6 Å². The van der Waals surface area contributed by atoms with Gasteiger partial charge in [-0.2, -0.15) is 0 Å². The Morgan fingerprint density at radius 2 is 1.85 bits per heavy atom. The van der Waals surface area contributed by atoms with E-state index in [1.165, 1.54) is 18.9 Å². The maximum Gasteiger partial charge on any atom is 0.317 e. The first-order chi connectivity index (χ1) is 9.27. The second-order valence-corrected chi connectivity index (χ2v) is 4.98. The molecule has 0 saturated heterocycles. The number of carboxylic acid groups (broad SMARTS) is 1. The molecule has 20 heavy (non-hydrogen) atoms. The number of hydrogen-bond donors (Lipinski definition) is 3. The van der Waals surface area contributed by atoms with Gasteiger partial charge in [-0.15, -0.1) is 0 Å². The van der Waals surface area contributed by atoms with Crippen molar-refractivity contribution in [3.05, 3.63) is 0 Å². The molecule has 0 aromatic rings. The quantitative estimate of drug-likeness (QED) is 0.610. The van der Waals surface area contributed by atoms with Crippen LogP contribution < -0.4 is 10.6 Å². The van der Waals surface area contributed by atoms with Crippen LogP contribution in [0.3, 0.4) is 0 Å². The molecule has 3 N–H and O–H groups in total. The fourth-order valence-electron chi connectivity index (χ4n) is 1.44. The highest BCUT2D eigenvalue weighted by molar-refractivity contribution is 5.78. The predicted octanol–water partition coefficient (Wildman–Crippen LogP) is 0.653. The lowest BCUT2D eigenvalue weighted by Gasteiger charge is -2.20. The Balaban J connectivity index is 3.93. The molecule has 2 atom stereocenters. The van der Waals surface area contributed by atoms with Gasteiger partial charge in [0.25, 0.3) is 0 Å². The third-order valence-electron chi connectivity index (χ3n) is 2.96. The maximum absolute atomic E-state index is 11.7. The minimum atomic E-state index is -0.947. The third kappa shape index (κ3) is 7.60. The molecular weight excluding hydrogens is 262 g/mol. The molecule has 0 aliphatic heterocycles. The van der Waals surface area contributed by atoms with Gasteiger partial charge in [0, 0.05) is 32.6 Å². The molecule has 0 aliphatic rings. The Bertz CT molecular complexity index is 347. The summed E-state index contributed by atoms with van der Waals surface area (Å²) in [5.41, 5.74) is 0. The van der Waals surface area contributed by atoms with Crippen molar-refractivity contribution in [2.75, 3.05) is 20.1 Å². The van der Waals surface area contributed by atoms with Gasteiger partial charge in [0.2, 0.25) is 5.91 Å². The topological polar surface area (TPSA) is 98.7 Å². The number of carbonyl (C=O) groups is 3. The minimum Gasteiger partial charge on any atom is -0.481 e. The summed E-state index contributed by atoms with van der Waals surface area (Å²) in [5, 5.41) is 14.1. The summed E-state index contributed by atoms with van der Waals surface area (Å²) in [4.78, 5) is 35.1. The molecule has 0 rings (SSSR count). The van der Waals surface area contributed by atoms with Gasteiger partial charge in [0.15, 0.2) is 0 Å². The number of carboxylic acids is 1. The van der Waals surface area contributed by atoms with Crippen molar-refractivity contribution in [2.24, 2.45) is 5.92 Å². The largest absolute Gasteiger partial charge is 0.481 e. The molecule has 0 saturated carbocycles. The van der Waals surface area contributed by atoms with Gasteiger partial charge < -0.3 is 20.6 Å². The Labute approximate surface area is 119 Å². The summed E-state index contributed by atoms with van der Waals surface area (Å²) in [6.45, 7) is 5.78. The van der Waals surface area contributed by atoms with Crippen LogP contribution in [-0.2, 0) is 9.59 Å². The van der Waals surface area contributed by atoms with E-state index in [1.54, 1.807) is 0 Å². The van der Waals surface area contributed by atoms with Gasteiger partial charge >= 0.3 is 12.0 Å². The van der Waals surface area contributed by atoms with Gasteiger partial charge in [-0.3, -0.25) is 9.59 Å². The van der Waals surface area contributed by atoms with Crippen LogP contribution in [0.5, 0.6) is 0 Å². The van der Waals surface area contributed by atoms with Crippen molar-refractivity contribution in [1.82, 2.24) is 15.5 Å². The number of nitrogens with zero attached hydrogens (tertiary/aromatic N) is 1. The van der Waals surface area contributed by atoms with Crippen molar-refractivity contribution in [3.8, 4) is 0 Å². The predicted molar refractivity (Wildman–Crippen MR) is 75.3 cm³/mol. The van der Waals surface area contributed by atoms with Gasteiger partial charge in [-0.1, -0.05) is 13.8 Å². The van der Waals surface area contributed by atoms with Gasteiger partial charge in [-0.25, -0.2) is 4.79 Å². The second-order valence-electron chi connectivity index (χ2n) is 4.98. The van der Waals surface area contributed by atoms with E-state index >= 15 is 0 Å². The molecule has 0 bridgehead atoms. The van der Waals surface area contributed by atoms with E-state index in [0.717, 1.165) is 6.42 Å². The molecule has 0 heterocycles. The second kappa shape index (κ2) is 9.17. The van der Waals surface area contributed by atoms with Gasteiger partial charge in [0.1, 0.15) is 0 Å². The van der Waals surface area contributed by atoms with Crippen molar-refractivity contribution < 1.29 is 19.5 Å². The van der Waals surface area contributed by atoms with Crippen molar-refractivity contribution in [3.63, 3.8) is 0 Å².